The summed E-state index contributed by atoms with van der Waals surface area (Å²) in [5.74, 6) is -2.50. The molecule has 3 rings (SSSR count). The highest BCUT2D eigenvalue weighted by Crippen LogP contribution is 2.31. The van der Waals surface area contributed by atoms with E-state index in [4.69, 9.17) is 30.1 Å². The Morgan fingerprint density at radius 3 is 2.03 bits per heavy atom. The van der Waals surface area contributed by atoms with Gasteiger partial charge in [0.2, 0.25) is 5.54 Å². The van der Waals surface area contributed by atoms with E-state index in [0.29, 0.717) is 12.0 Å². The van der Waals surface area contributed by atoms with Crippen LogP contribution in [0.5, 0.6) is 11.5 Å². The number of ether oxygens (including phenoxy) is 4. The van der Waals surface area contributed by atoms with E-state index in [2.05, 4.69) is 0 Å². The summed E-state index contributed by atoms with van der Waals surface area (Å²) in [7, 11) is 1.13. The van der Waals surface area contributed by atoms with Gasteiger partial charge in [-0.15, -0.1) is 0 Å². The lowest BCUT2D eigenvalue weighted by Crippen LogP contribution is -2.58. The second kappa shape index (κ2) is 13.9. The molecule has 0 radical (unpaired) electrons. The SMILES string of the molecule is CCCC(=N)C(=O)Oc1cc(C[C@](N)(C(=O)OC)C(=O)OCc2ccccc2)ccc1OCc1ccccc1. The van der Waals surface area contributed by atoms with Gasteiger partial charge < -0.3 is 24.7 Å². The molecule has 3 aromatic carbocycles. The molecular formula is C30H32N2O7. The number of hydrogen-bond donors (Lipinski definition) is 2. The molecule has 204 valence electrons. The fraction of sp³-hybridized carbons (Fsp3) is 0.267. The van der Waals surface area contributed by atoms with Crippen LogP contribution in [0.1, 0.15) is 36.5 Å². The molecule has 9 nitrogen and oxygen atoms in total. The summed E-state index contributed by atoms with van der Waals surface area (Å²) in [5, 5.41) is 7.95. The molecule has 0 amide bonds. The number of carbonyl (C=O) groups excluding carboxylic acids is 3. The lowest BCUT2D eigenvalue weighted by molar-refractivity contribution is -0.163. The van der Waals surface area contributed by atoms with Crippen molar-refractivity contribution in [3.8, 4) is 11.5 Å². The van der Waals surface area contributed by atoms with Crippen molar-refractivity contribution in [1.82, 2.24) is 0 Å². The lowest BCUT2D eigenvalue weighted by Gasteiger charge is -2.25. The lowest BCUT2D eigenvalue weighted by atomic mass is 9.91. The van der Waals surface area contributed by atoms with Gasteiger partial charge in [0.1, 0.15) is 18.9 Å². The molecular weight excluding hydrogens is 500 g/mol. The zero-order valence-electron chi connectivity index (χ0n) is 22.0. The molecule has 0 bridgehead atoms. The molecule has 3 aromatic rings. The molecule has 0 aliphatic rings. The third kappa shape index (κ3) is 7.99. The maximum atomic E-state index is 13.0. The van der Waals surface area contributed by atoms with Crippen LogP contribution in [0.4, 0.5) is 0 Å². The van der Waals surface area contributed by atoms with E-state index < -0.39 is 23.4 Å². The van der Waals surface area contributed by atoms with Crippen LogP contribution in [0.2, 0.25) is 0 Å². The highest BCUT2D eigenvalue weighted by atomic mass is 16.6. The Labute approximate surface area is 227 Å². The van der Waals surface area contributed by atoms with Crippen molar-refractivity contribution >= 4 is 23.6 Å². The van der Waals surface area contributed by atoms with E-state index in [1.165, 1.54) is 6.07 Å². The Balaban J connectivity index is 1.86. The summed E-state index contributed by atoms with van der Waals surface area (Å²) in [6.07, 6.45) is 0.550. The minimum absolute atomic E-state index is 0.0270. The van der Waals surface area contributed by atoms with Crippen LogP contribution >= 0.6 is 0 Å². The highest BCUT2D eigenvalue weighted by molar-refractivity contribution is 6.35. The Morgan fingerprint density at radius 2 is 1.44 bits per heavy atom. The number of nitrogens with one attached hydrogen (secondary N) is 1. The topological polar surface area (TPSA) is 138 Å². The van der Waals surface area contributed by atoms with Crippen LogP contribution in [-0.4, -0.2) is 36.3 Å². The monoisotopic (exact) mass is 532 g/mol. The summed E-state index contributed by atoms with van der Waals surface area (Å²) in [5.41, 5.74) is 5.93. The maximum absolute atomic E-state index is 13.0. The molecule has 0 aromatic heterocycles. The van der Waals surface area contributed by atoms with E-state index >= 15 is 0 Å². The molecule has 39 heavy (non-hydrogen) atoms. The second-order valence-corrected chi connectivity index (χ2v) is 8.87. The number of methoxy groups -OCH3 is 1. The number of nitrogens with two attached hydrogens (primary N) is 1. The fourth-order valence-electron chi connectivity index (χ4n) is 3.69. The minimum atomic E-state index is -2.16. The van der Waals surface area contributed by atoms with Crippen molar-refractivity contribution in [2.75, 3.05) is 7.11 Å². The highest BCUT2D eigenvalue weighted by Gasteiger charge is 2.45. The van der Waals surface area contributed by atoms with Crippen LogP contribution in [0.3, 0.4) is 0 Å². The van der Waals surface area contributed by atoms with Gasteiger partial charge in [-0.2, -0.15) is 0 Å². The number of carbonyl (C=O) groups is 3. The van der Waals surface area contributed by atoms with Gasteiger partial charge in [-0.3, -0.25) is 5.41 Å². The van der Waals surface area contributed by atoms with Crippen molar-refractivity contribution in [2.45, 2.75) is 44.9 Å². The normalized spacial score (nSPS) is 12.1. The van der Waals surface area contributed by atoms with Crippen molar-refractivity contribution in [3.05, 3.63) is 95.6 Å². The summed E-state index contributed by atoms with van der Waals surface area (Å²) in [4.78, 5) is 38.2. The second-order valence-electron chi connectivity index (χ2n) is 8.87. The number of hydrogen-bond acceptors (Lipinski definition) is 9. The first-order valence-corrected chi connectivity index (χ1v) is 12.4. The zero-order valence-corrected chi connectivity index (χ0v) is 22.0. The van der Waals surface area contributed by atoms with Gasteiger partial charge in [0, 0.05) is 6.42 Å². The molecule has 0 fully saturated rings. The van der Waals surface area contributed by atoms with Crippen LogP contribution in [0.15, 0.2) is 78.9 Å². The Bertz CT molecular complexity index is 1300. The van der Waals surface area contributed by atoms with Gasteiger partial charge in [-0.25, -0.2) is 14.4 Å². The average Bonchev–Trinajstić information content (AvgIpc) is 2.96. The van der Waals surface area contributed by atoms with Gasteiger partial charge in [0.05, 0.1) is 7.11 Å². The Hall–Kier alpha value is -4.50. The summed E-state index contributed by atoms with van der Waals surface area (Å²) >= 11 is 0. The molecule has 0 heterocycles. The molecule has 1 atom stereocenters. The van der Waals surface area contributed by atoms with Crippen LogP contribution in [-0.2, 0) is 43.5 Å². The van der Waals surface area contributed by atoms with Gasteiger partial charge in [0.15, 0.2) is 11.5 Å². The van der Waals surface area contributed by atoms with E-state index in [-0.39, 0.29) is 43.3 Å². The molecule has 3 N–H and O–H groups in total. The third-order valence-electron chi connectivity index (χ3n) is 5.80. The largest absolute Gasteiger partial charge is 0.485 e. The molecule has 0 aliphatic heterocycles. The molecule has 0 unspecified atom stereocenters. The molecule has 0 spiro atoms. The molecule has 9 heteroatoms. The first kappa shape index (κ1) is 29.1. The van der Waals surface area contributed by atoms with Gasteiger partial charge in [-0.1, -0.05) is 80.1 Å². The van der Waals surface area contributed by atoms with Crippen LogP contribution in [0, 0.1) is 5.41 Å². The van der Waals surface area contributed by atoms with E-state index in [1.807, 2.05) is 43.3 Å². The van der Waals surface area contributed by atoms with E-state index in [9.17, 15) is 14.4 Å². The smallest absolute Gasteiger partial charge is 0.357 e. The van der Waals surface area contributed by atoms with Gasteiger partial charge in [-0.05, 0) is 35.2 Å². The summed E-state index contributed by atoms with van der Waals surface area (Å²) < 4.78 is 21.6. The minimum Gasteiger partial charge on any atom is -0.485 e. The predicted octanol–water partition coefficient (Wildman–Crippen LogP) is 4.15. The Kier molecular flexibility index (Phi) is 10.3. The van der Waals surface area contributed by atoms with Crippen molar-refractivity contribution in [1.29, 1.82) is 5.41 Å². The number of esters is 3. The summed E-state index contributed by atoms with van der Waals surface area (Å²) in [6, 6.07) is 23.0. The van der Waals surface area contributed by atoms with Crippen molar-refractivity contribution in [3.63, 3.8) is 0 Å². The van der Waals surface area contributed by atoms with Crippen molar-refractivity contribution in [2.24, 2.45) is 5.73 Å². The summed E-state index contributed by atoms with van der Waals surface area (Å²) in [6.45, 7) is 1.97. The number of rotatable bonds is 13. The maximum Gasteiger partial charge on any atom is 0.357 e. The van der Waals surface area contributed by atoms with Crippen molar-refractivity contribution < 1.29 is 33.3 Å². The van der Waals surface area contributed by atoms with E-state index in [1.54, 1.807) is 36.4 Å². The first-order valence-electron chi connectivity index (χ1n) is 12.4. The fourth-order valence-corrected chi connectivity index (χ4v) is 3.69. The molecule has 0 saturated carbocycles. The number of benzene rings is 3. The van der Waals surface area contributed by atoms with Gasteiger partial charge >= 0.3 is 17.9 Å². The van der Waals surface area contributed by atoms with Crippen LogP contribution < -0.4 is 15.2 Å². The standard InChI is InChI=1S/C30H32N2O7/c1-3-10-24(31)27(33)39-26-17-23(15-16-25(26)37-19-21-11-6-4-7-12-21)18-30(32,28(34)36-2)29(35)38-20-22-13-8-5-9-14-22/h4-9,11-17,31H,3,10,18-20,32H2,1-2H3/t30-/m0/s1. The molecule has 0 aliphatic carbocycles. The van der Waals surface area contributed by atoms with Crippen LogP contribution in [0.25, 0.3) is 0 Å². The average molecular weight is 533 g/mol. The Morgan fingerprint density at radius 1 is 0.821 bits per heavy atom. The zero-order chi connectivity index (χ0) is 28.3. The first-order chi connectivity index (χ1) is 18.8. The molecule has 0 saturated heterocycles. The van der Waals surface area contributed by atoms with E-state index in [0.717, 1.165) is 18.2 Å². The quantitative estimate of drug-likeness (QED) is 0.145. The van der Waals surface area contributed by atoms with Gasteiger partial charge in [0.25, 0.3) is 0 Å². The third-order valence-corrected chi connectivity index (χ3v) is 5.80. The predicted molar refractivity (Wildman–Crippen MR) is 144 cm³/mol.